The van der Waals surface area contributed by atoms with Crippen molar-refractivity contribution in [2.75, 3.05) is 0 Å². The molecule has 0 bridgehead atoms. The van der Waals surface area contributed by atoms with Crippen LogP contribution in [0.3, 0.4) is 0 Å². The molecule has 0 radical (unpaired) electrons. The summed E-state index contributed by atoms with van der Waals surface area (Å²) < 4.78 is 10.8. The van der Waals surface area contributed by atoms with Gasteiger partial charge in [0, 0.05) is 12.4 Å². The summed E-state index contributed by atoms with van der Waals surface area (Å²) >= 11 is 0. The minimum absolute atomic E-state index is 1.26. The first-order valence-corrected chi connectivity index (χ1v) is 3.33. The van der Waals surface area contributed by atoms with Crippen LogP contribution in [0, 0.1) is 0 Å². The van der Waals surface area contributed by atoms with Gasteiger partial charge in [-0.05, 0) is 0 Å². The molecule has 5 N–H and O–H groups in total. The Balaban J connectivity index is 2.70. The Labute approximate surface area is 69.5 Å². The van der Waals surface area contributed by atoms with E-state index in [1.807, 2.05) is 6.29 Å². The van der Waals surface area contributed by atoms with Crippen LogP contribution in [-0.4, -0.2) is 62.2 Å². The maximum absolute atomic E-state index is 9.18. The molecule has 0 aromatic rings. The van der Waals surface area contributed by atoms with Crippen molar-refractivity contribution in [2.45, 2.75) is 30.7 Å². The quantitative estimate of drug-likeness (QED) is 0.251. The second-order valence-corrected chi connectivity index (χ2v) is 2.54. The molecule has 0 aromatic carbocycles. The summed E-state index contributed by atoms with van der Waals surface area (Å²) in [7, 11) is 0. The summed E-state index contributed by atoms with van der Waals surface area (Å²) in [6.07, 6.45) is -5.64. The molecule has 6 nitrogen and oxygen atoms in total. The summed E-state index contributed by atoms with van der Waals surface area (Å²) in [6.45, 7) is 0. The molecule has 0 amide bonds. The SMILES string of the molecule is [2H][O+]=[C-]C1O[C@@H](O)C(O)[C@H](O)[C@@H]1O. The van der Waals surface area contributed by atoms with Crippen molar-refractivity contribution in [1.82, 2.24) is 0 Å². The molecular formula is C6H10O6. The Bertz CT molecular complexity index is 198. The van der Waals surface area contributed by atoms with E-state index in [1.165, 1.54) is 0 Å². The van der Waals surface area contributed by atoms with Crippen molar-refractivity contribution < 1.29 is 31.4 Å². The van der Waals surface area contributed by atoms with E-state index in [2.05, 4.69) is 9.53 Å². The molecule has 1 saturated heterocycles. The minimum Gasteiger partial charge on any atom is -0.468 e. The Hall–Kier alpha value is -0.530. The van der Waals surface area contributed by atoms with E-state index in [9.17, 15) is 5.11 Å². The number of carbonyl (C=O) groups excluding carboxylic acids is 1. The van der Waals surface area contributed by atoms with Gasteiger partial charge in [-0.1, -0.05) is 0 Å². The lowest BCUT2D eigenvalue weighted by atomic mass is 10.00. The van der Waals surface area contributed by atoms with Crippen LogP contribution >= 0.6 is 0 Å². The summed E-state index contributed by atoms with van der Waals surface area (Å²) in [4.78, 5) is 3.69. The van der Waals surface area contributed by atoms with Crippen LogP contribution in [0.2, 0.25) is 0 Å². The van der Waals surface area contributed by atoms with Crippen LogP contribution in [0.1, 0.15) is 1.43 Å². The highest BCUT2D eigenvalue weighted by Crippen LogP contribution is 2.17. The zero-order chi connectivity index (χ0) is 10.0. The van der Waals surface area contributed by atoms with Gasteiger partial charge >= 0.3 is 1.43 Å². The largest absolute Gasteiger partial charge is 0.621 e. The molecule has 70 valence electrons. The van der Waals surface area contributed by atoms with Crippen LogP contribution in [-0.2, 0) is 4.74 Å². The number of hydrogen-bond donors (Lipinski definition) is 4. The van der Waals surface area contributed by atoms with Gasteiger partial charge in [0.15, 0.2) is 6.29 Å². The van der Waals surface area contributed by atoms with Gasteiger partial charge in [0.25, 0.3) is 0 Å². The Morgan fingerprint density at radius 2 is 1.83 bits per heavy atom. The molecule has 1 aliphatic heterocycles. The molecule has 0 saturated carbocycles. The standard InChI is InChI=1S/C6H10O6/c7-1-2-3(8)4(9)5(10)6(11)12-2/h2-11H/t2?,3-,4-,5?,6-/m1/s1/i7D. The van der Waals surface area contributed by atoms with E-state index in [0.29, 0.717) is 0 Å². The average molecular weight is 179 g/mol. The smallest absolute Gasteiger partial charge is 0.468 e. The third-order valence-corrected chi connectivity index (χ3v) is 1.70. The van der Waals surface area contributed by atoms with Gasteiger partial charge in [-0.15, -0.1) is 0 Å². The molecule has 1 heterocycles. The van der Waals surface area contributed by atoms with Crippen molar-refractivity contribution >= 4 is 6.29 Å². The molecule has 2 unspecified atom stereocenters. The predicted octanol–water partition coefficient (Wildman–Crippen LogP) is -3.16. The first kappa shape index (κ1) is 8.09. The molecule has 5 atom stereocenters. The van der Waals surface area contributed by atoms with E-state index in [-0.39, 0.29) is 0 Å². The van der Waals surface area contributed by atoms with Gasteiger partial charge in [-0.2, -0.15) is 0 Å². The maximum Gasteiger partial charge on any atom is 0.621 e. The van der Waals surface area contributed by atoms with E-state index >= 15 is 0 Å². The highest BCUT2D eigenvalue weighted by atomic mass is 16.6. The zero-order valence-electron chi connectivity index (χ0n) is 6.99. The first-order valence-electron chi connectivity index (χ1n) is 3.74. The fraction of sp³-hybridized carbons (Fsp3) is 0.833. The van der Waals surface area contributed by atoms with Crippen LogP contribution in [0.5, 0.6) is 0 Å². The fourth-order valence-corrected chi connectivity index (χ4v) is 0.958. The number of hydrogen-bond acceptors (Lipinski definition) is 5. The second-order valence-electron chi connectivity index (χ2n) is 2.54. The first-order chi connectivity index (χ1) is 6.07. The minimum atomic E-state index is -1.63. The maximum atomic E-state index is 9.18. The van der Waals surface area contributed by atoms with Gasteiger partial charge in [-0.3, -0.25) is 0 Å². The van der Waals surface area contributed by atoms with Gasteiger partial charge in [-0.25, -0.2) is 0 Å². The van der Waals surface area contributed by atoms with Gasteiger partial charge in [0.05, 0.1) is 6.10 Å². The summed E-state index contributed by atoms with van der Waals surface area (Å²) in [5.41, 5.74) is 0. The lowest BCUT2D eigenvalue weighted by Crippen LogP contribution is -2.57. The number of aliphatic hydroxyl groups is 4. The number of aliphatic hydroxyl groups excluding tert-OH is 4. The zero-order valence-corrected chi connectivity index (χ0v) is 5.99. The normalized spacial score (nSPS) is 51.0. The van der Waals surface area contributed by atoms with E-state index in [0.717, 1.165) is 0 Å². The highest BCUT2D eigenvalue weighted by Gasteiger charge is 2.40. The number of rotatable bonds is 1. The van der Waals surface area contributed by atoms with Crippen molar-refractivity contribution in [3.05, 3.63) is 0 Å². The molecule has 0 aliphatic carbocycles. The fourth-order valence-electron chi connectivity index (χ4n) is 0.958. The van der Waals surface area contributed by atoms with E-state index in [1.54, 1.807) is 0 Å². The Morgan fingerprint density at radius 1 is 1.17 bits per heavy atom. The molecular weight excluding hydrogens is 168 g/mol. The topological polar surface area (TPSA) is 112 Å². The summed E-state index contributed by atoms with van der Waals surface area (Å²) in [6, 6.07) is 0. The van der Waals surface area contributed by atoms with E-state index < -0.39 is 30.7 Å². The second kappa shape index (κ2) is 3.46. The van der Waals surface area contributed by atoms with Crippen molar-refractivity contribution in [2.24, 2.45) is 0 Å². The van der Waals surface area contributed by atoms with Gasteiger partial charge < -0.3 is 30.0 Å². The molecule has 0 spiro atoms. The molecule has 1 rings (SSSR count). The third-order valence-electron chi connectivity index (χ3n) is 1.70. The monoisotopic (exact) mass is 179 g/mol. The van der Waals surface area contributed by atoms with Gasteiger partial charge in [0.1, 0.15) is 12.2 Å². The van der Waals surface area contributed by atoms with E-state index in [4.69, 9.17) is 16.8 Å². The lowest BCUT2D eigenvalue weighted by molar-refractivity contribution is -0.266. The average Bonchev–Trinajstić information content (AvgIpc) is 2.11. The van der Waals surface area contributed by atoms with Crippen LogP contribution in [0.15, 0.2) is 0 Å². The lowest BCUT2D eigenvalue weighted by Gasteiger charge is -2.38. The van der Waals surface area contributed by atoms with Crippen LogP contribution in [0.4, 0.5) is 0 Å². The molecule has 12 heavy (non-hydrogen) atoms. The summed E-state index contributed by atoms with van der Waals surface area (Å²) in [5.74, 6) is 0. The van der Waals surface area contributed by atoms with Crippen LogP contribution < -0.4 is 0 Å². The molecule has 1 fully saturated rings. The van der Waals surface area contributed by atoms with Crippen molar-refractivity contribution in [1.29, 1.82) is 0 Å². The van der Waals surface area contributed by atoms with Crippen LogP contribution in [0.25, 0.3) is 0 Å². The Kier molecular flexibility index (Phi) is 2.33. The third kappa shape index (κ3) is 1.47. The molecule has 0 aromatic heterocycles. The van der Waals surface area contributed by atoms with Gasteiger partial charge in [0.2, 0.25) is 0 Å². The predicted molar refractivity (Wildman–Crippen MR) is 35.8 cm³/mol. The summed E-state index contributed by atoms with van der Waals surface area (Å²) in [5, 5.41) is 36.3. The Morgan fingerprint density at radius 3 is 2.42 bits per heavy atom. The highest BCUT2D eigenvalue weighted by molar-refractivity contribution is 5.58. The number of ether oxygens (including phenoxy) is 1. The molecule has 1 aliphatic rings. The van der Waals surface area contributed by atoms with Crippen molar-refractivity contribution in [3.63, 3.8) is 0 Å². The van der Waals surface area contributed by atoms with Crippen molar-refractivity contribution in [3.8, 4) is 0 Å². The molecule has 6 heteroatoms.